The molecule has 1 atom stereocenters. The second-order valence-corrected chi connectivity index (χ2v) is 3.54. The highest BCUT2D eigenvalue weighted by Gasteiger charge is 2.29. The van der Waals surface area contributed by atoms with Gasteiger partial charge in [-0.15, -0.1) is 0 Å². The van der Waals surface area contributed by atoms with Crippen molar-refractivity contribution in [1.29, 1.82) is 0 Å². The van der Waals surface area contributed by atoms with E-state index >= 15 is 0 Å². The van der Waals surface area contributed by atoms with Gasteiger partial charge in [0.2, 0.25) is 0 Å². The molecule has 0 bridgehead atoms. The van der Waals surface area contributed by atoms with Crippen molar-refractivity contribution in [2.24, 2.45) is 5.92 Å². The number of hydrogen-bond donors (Lipinski definition) is 3. The summed E-state index contributed by atoms with van der Waals surface area (Å²) in [6.45, 7) is 3.06. The molecule has 2 amide bonds. The average Bonchev–Trinajstić information content (AvgIpc) is 2.93. The van der Waals surface area contributed by atoms with Crippen molar-refractivity contribution in [3.05, 3.63) is 0 Å². The summed E-state index contributed by atoms with van der Waals surface area (Å²) in [5.41, 5.74) is 0. The summed E-state index contributed by atoms with van der Waals surface area (Å²) in [6, 6.07) is -0.179. The zero-order valence-corrected chi connectivity index (χ0v) is 8.05. The molecule has 0 spiro atoms. The van der Waals surface area contributed by atoms with Gasteiger partial charge in [-0.25, -0.2) is 4.79 Å². The highest BCUT2D eigenvalue weighted by Crippen LogP contribution is 2.32. The molecule has 76 valence electrons. The lowest BCUT2D eigenvalue weighted by atomic mass is 10.2. The fraction of sp³-hybridized carbons (Fsp3) is 0.889. The van der Waals surface area contributed by atoms with Gasteiger partial charge in [-0.2, -0.15) is 0 Å². The first kappa shape index (κ1) is 10.3. The molecular weight excluding hydrogens is 168 g/mol. The Morgan fingerprint density at radius 2 is 2.23 bits per heavy atom. The van der Waals surface area contributed by atoms with Crippen molar-refractivity contribution in [3.8, 4) is 0 Å². The maximum absolute atomic E-state index is 11.0. The number of aliphatic hydroxyl groups excluding tert-OH is 1. The van der Waals surface area contributed by atoms with E-state index in [9.17, 15) is 9.90 Å². The first-order chi connectivity index (χ1) is 6.24. The minimum atomic E-state index is -0.354. The maximum atomic E-state index is 11.0. The second-order valence-electron chi connectivity index (χ2n) is 3.54. The van der Waals surface area contributed by atoms with Gasteiger partial charge >= 0.3 is 6.03 Å². The SMILES string of the molecule is CCCNC(=O)NCC(O)C1CC1. The number of rotatable bonds is 5. The van der Waals surface area contributed by atoms with Crippen molar-refractivity contribution in [1.82, 2.24) is 10.6 Å². The van der Waals surface area contributed by atoms with Crippen LogP contribution in [0.5, 0.6) is 0 Å². The zero-order chi connectivity index (χ0) is 9.68. The Kier molecular flexibility index (Phi) is 4.02. The third-order valence-electron chi connectivity index (χ3n) is 2.17. The van der Waals surface area contributed by atoms with Crippen molar-refractivity contribution >= 4 is 6.03 Å². The predicted octanol–water partition coefficient (Wildman–Crippen LogP) is 0.466. The summed E-state index contributed by atoms with van der Waals surface area (Å²) < 4.78 is 0. The van der Waals surface area contributed by atoms with E-state index in [-0.39, 0.29) is 12.1 Å². The molecule has 1 aliphatic carbocycles. The van der Waals surface area contributed by atoms with Gasteiger partial charge < -0.3 is 15.7 Å². The van der Waals surface area contributed by atoms with Gasteiger partial charge in [0.15, 0.2) is 0 Å². The highest BCUT2D eigenvalue weighted by molar-refractivity contribution is 5.73. The molecule has 0 aromatic rings. The zero-order valence-electron chi connectivity index (χ0n) is 8.05. The number of urea groups is 1. The number of nitrogens with one attached hydrogen (secondary N) is 2. The lowest BCUT2D eigenvalue weighted by molar-refractivity contribution is 0.149. The topological polar surface area (TPSA) is 61.4 Å². The van der Waals surface area contributed by atoms with Gasteiger partial charge in [0, 0.05) is 13.1 Å². The lowest BCUT2D eigenvalue weighted by Gasteiger charge is -2.10. The third-order valence-corrected chi connectivity index (χ3v) is 2.17. The quantitative estimate of drug-likeness (QED) is 0.584. The van der Waals surface area contributed by atoms with Gasteiger partial charge in [0.05, 0.1) is 6.10 Å². The van der Waals surface area contributed by atoms with Crippen molar-refractivity contribution in [2.45, 2.75) is 32.3 Å². The van der Waals surface area contributed by atoms with Crippen LogP contribution in [0.15, 0.2) is 0 Å². The molecular formula is C9H18N2O2. The van der Waals surface area contributed by atoms with Crippen molar-refractivity contribution < 1.29 is 9.90 Å². The standard InChI is InChI=1S/C9H18N2O2/c1-2-5-10-9(13)11-6-8(12)7-3-4-7/h7-8,12H,2-6H2,1H3,(H2,10,11,13). The van der Waals surface area contributed by atoms with Crippen LogP contribution in [0.25, 0.3) is 0 Å². The van der Waals surface area contributed by atoms with Crippen LogP contribution < -0.4 is 10.6 Å². The second kappa shape index (κ2) is 5.07. The molecule has 1 unspecified atom stereocenters. The van der Waals surface area contributed by atoms with Crippen LogP contribution in [0.3, 0.4) is 0 Å². The van der Waals surface area contributed by atoms with E-state index < -0.39 is 0 Å². The van der Waals surface area contributed by atoms with Crippen LogP contribution in [0.1, 0.15) is 26.2 Å². The van der Waals surface area contributed by atoms with Gasteiger partial charge in [0.25, 0.3) is 0 Å². The van der Waals surface area contributed by atoms with E-state index in [0.717, 1.165) is 19.3 Å². The summed E-state index contributed by atoms with van der Waals surface area (Å²) in [6.07, 6.45) is 2.77. The van der Waals surface area contributed by atoms with E-state index in [2.05, 4.69) is 10.6 Å². The summed E-state index contributed by atoms with van der Waals surface area (Å²) in [5.74, 6) is 0.423. The van der Waals surface area contributed by atoms with Crippen molar-refractivity contribution in [3.63, 3.8) is 0 Å². The smallest absolute Gasteiger partial charge is 0.314 e. The molecule has 4 nitrogen and oxygen atoms in total. The largest absolute Gasteiger partial charge is 0.391 e. The molecule has 1 fully saturated rings. The Labute approximate surface area is 78.7 Å². The molecule has 0 aromatic heterocycles. The fourth-order valence-electron chi connectivity index (χ4n) is 1.15. The van der Waals surface area contributed by atoms with Crippen LogP contribution in [0, 0.1) is 5.92 Å². The Morgan fingerprint density at radius 3 is 2.77 bits per heavy atom. The number of carbonyl (C=O) groups excluding carboxylic acids is 1. The molecule has 0 heterocycles. The predicted molar refractivity (Wildman–Crippen MR) is 50.4 cm³/mol. The summed E-state index contributed by atoms with van der Waals surface area (Å²) >= 11 is 0. The summed E-state index contributed by atoms with van der Waals surface area (Å²) in [7, 11) is 0. The molecule has 0 aromatic carbocycles. The first-order valence-electron chi connectivity index (χ1n) is 4.93. The average molecular weight is 186 g/mol. The van der Waals surface area contributed by atoms with E-state index in [0.29, 0.717) is 19.0 Å². The minimum Gasteiger partial charge on any atom is -0.391 e. The molecule has 1 saturated carbocycles. The summed E-state index contributed by atoms with van der Waals surface area (Å²) in [4.78, 5) is 11.0. The molecule has 1 rings (SSSR count). The minimum absolute atomic E-state index is 0.179. The van der Waals surface area contributed by atoms with Crippen LogP contribution in [-0.2, 0) is 0 Å². The van der Waals surface area contributed by atoms with Gasteiger partial charge in [-0.05, 0) is 25.2 Å². The van der Waals surface area contributed by atoms with Crippen molar-refractivity contribution in [2.75, 3.05) is 13.1 Å². The maximum Gasteiger partial charge on any atom is 0.314 e. The molecule has 3 N–H and O–H groups in total. The molecule has 0 saturated heterocycles. The van der Waals surface area contributed by atoms with E-state index in [1.807, 2.05) is 6.92 Å². The third kappa shape index (κ3) is 4.12. The van der Waals surface area contributed by atoms with Crippen LogP contribution in [-0.4, -0.2) is 30.3 Å². The Morgan fingerprint density at radius 1 is 1.54 bits per heavy atom. The highest BCUT2D eigenvalue weighted by atomic mass is 16.3. The van der Waals surface area contributed by atoms with Gasteiger partial charge in [-0.1, -0.05) is 6.92 Å². The molecule has 0 aliphatic heterocycles. The van der Waals surface area contributed by atoms with E-state index in [1.54, 1.807) is 0 Å². The molecule has 1 aliphatic rings. The monoisotopic (exact) mass is 186 g/mol. The van der Waals surface area contributed by atoms with Gasteiger partial charge in [0.1, 0.15) is 0 Å². The number of amides is 2. The normalized spacial score (nSPS) is 18.0. The van der Waals surface area contributed by atoms with E-state index in [4.69, 9.17) is 0 Å². The fourth-order valence-corrected chi connectivity index (χ4v) is 1.15. The number of hydrogen-bond acceptors (Lipinski definition) is 2. The Hall–Kier alpha value is -0.770. The number of aliphatic hydroxyl groups is 1. The number of carbonyl (C=O) groups is 1. The van der Waals surface area contributed by atoms with E-state index in [1.165, 1.54) is 0 Å². The lowest BCUT2D eigenvalue weighted by Crippen LogP contribution is -2.40. The van der Waals surface area contributed by atoms with Gasteiger partial charge in [-0.3, -0.25) is 0 Å². The van der Waals surface area contributed by atoms with Crippen LogP contribution in [0.2, 0.25) is 0 Å². The Balaban J connectivity index is 2.00. The molecule has 13 heavy (non-hydrogen) atoms. The summed E-state index contributed by atoms with van der Waals surface area (Å²) in [5, 5.41) is 14.7. The first-order valence-corrected chi connectivity index (χ1v) is 4.93. The van der Waals surface area contributed by atoms with Crippen LogP contribution in [0.4, 0.5) is 4.79 Å². The van der Waals surface area contributed by atoms with Crippen LogP contribution >= 0.6 is 0 Å². The Bertz CT molecular complexity index is 169. The molecule has 0 radical (unpaired) electrons. The molecule has 4 heteroatoms.